The van der Waals surface area contributed by atoms with Crippen molar-refractivity contribution in [1.82, 2.24) is 0 Å². The molecule has 3 fully saturated rings. The van der Waals surface area contributed by atoms with E-state index in [2.05, 4.69) is 48.5 Å². The van der Waals surface area contributed by atoms with E-state index < -0.39 is 0 Å². The van der Waals surface area contributed by atoms with Gasteiger partial charge in [-0.25, -0.2) is 0 Å². The highest BCUT2D eigenvalue weighted by molar-refractivity contribution is 5.17. The average molecular weight is 262 g/mol. The SMILES string of the molecule is C[C@@H]1CC[C@H]2C(C)(C)[C@H]3C[C@@]12CC[C@@]3(C)C(C)(C)C. The van der Waals surface area contributed by atoms with Crippen molar-refractivity contribution < 1.29 is 0 Å². The van der Waals surface area contributed by atoms with E-state index in [9.17, 15) is 0 Å². The van der Waals surface area contributed by atoms with Crippen LogP contribution in [0.5, 0.6) is 0 Å². The molecule has 110 valence electrons. The molecule has 0 aromatic heterocycles. The van der Waals surface area contributed by atoms with Gasteiger partial charge in [0.2, 0.25) is 0 Å². The van der Waals surface area contributed by atoms with E-state index in [0.29, 0.717) is 16.2 Å². The Morgan fingerprint density at radius 3 is 2.11 bits per heavy atom. The van der Waals surface area contributed by atoms with Crippen LogP contribution in [-0.2, 0) is 0 Å². The van der Waals surface area contributed by atoms with E-state index in [1.807, 2.05) is 0 Å². The van der Waals surface area contributed by atoms with E-state index in [1.54, 1.807) is 0 Å². The fourth-order valence-corrected chi connectivity index (χ4v) is 6.81. The maximum atomic E-state index is 2.61. The third-order valence-corrected chi connectivity index (χ3v) is 8.54. The van der Waals surface area contributed by atoms with Gasteiger partial charge < -0.3 is 0 Å². The van der Waals surface area contributed by atoms with Crippen molar-refractivity contribution in [1.29, 1.82) is 0 Å². The molecule has 0 radical (unpaired) electrons. The fraction of sp³-hybridized carbons (Fsp3) is 1.00. The van der Waals surface area contributed by atoms with Crippen molar-refractivity contribution in [2.75, 3.05) is 0 Å². The second-order valence-electron chi connectivity index (χ2n) is 10.0. The summed E-state index contributed by atoms with van der Waals surface area (Å²) in [5, 5.41) is 0. The van der Waals surface area contributed by atoms with Crippen LogP contribution in [-0.4, -0.2) is 0 Å². The molecule has 3 aliphatic rings. The summed E-state index contributed by atoms with van der Waals surface area (Å²) in [7, 11) is 0. The maximum Gasteiger partial charge on any atom is -0.0235 e. The number of hydrogen-bond acceptors (Lipinski definition) is 0. The lowest BCUT2D eigenvalue weighted by molar-refractivity contribution is -0.0529. The quantitative estimate of drug-likeness (QED) is 0.509. The first-order valence-electron chi connectivity index (χ1n) is 8.56. The van der Waals surface area contributed by atoms with Crippen LogP contribution in [0.25, 0.3) is 0 Å². The normalized spacial score (nSPS) is 52.3. The molecule has 0 saturated heterocycles. The number of rotatable bonds is 0. The highest BCUT2D eigenvalue weighted by atomic mass is 14.7. The smallest absolute Gasteiger partial charge is 0.0235 e. The highest BCUT2D eigenvalue weighted by Gasteiger charge is 2.69. The molecule has 0 heteroatoms. The van der Waals surface area contributed by atoms with Gasteiger partial charge in [-0.2, -0.15) is 0 Å². The number of hydrogen-bond donors (Lipinski definition) is 0. The van der Waals surface area contributed by atoms with E-state index in [0.717, 1.165) is 23.2 Å². The molecular formula is C19H34. The van der Waals surface area contributed by atoms with Gasteiger partial charge in [-0.15, -0.1) is 0 Å². The molecule has 0 aromatic rings. The molecule has 0 unspecified atom stereocenters. The Hall–Kier alpha value is 0. The van der Waals surface area contributed by atoms with Gasteiger partial charge in [0.1, 0.15) is 0 Å². The van der Waals surface area contributed by atoms with E-state index in [-0.39, 0.29) is 0 Å². The predicted molar refractivity (Wildman–Crippen MR) is 83.0 cm³/mol. The molecule has 0 amide bonds. The van der Waals surface area contributed by atoms with Crippen LogP contribution in [0.1, 0.15) is 80.6 Å². The monoisotopic (exact) mass is 262 g/mol. The van der Waals surface area contributed by atoms with Gasteiger partial charge in [-0.05, 0) is 71.5 Å². The molecule has 19 heavy (non-hydrogen) atoms. The van der Waals surface area contributed by atoms with Crippen LogP contribution in [0.2, 0.25) is 0 Å². The molecular weight excluding hydrogens is 228 g/mol. The van der Waals surface area contributed by atoms with E-state index in [4.69, 9.17) is 0 Å². The van der Waals surface area contributed by atoms with Crippen LogP contribution < -0.4 is 0 Å². The van der Waals surface area contributed by atoms with Gasteiger partial charge in [0.15, 0.2) is 0 Å². The van der Waals surface area contributed by atoms with Crippen LogP contribution >= 0.6 is 0 Å². The summed E-state index contributed by atoms with van der Waals surface area (Å²) in [6.45, 7) is 17.8. The van der Waals surface area contributed by atoms with Crippen LogP contribution in [0.15, 0.2) is 0 Å². The second-order valence-corrected chi connectivity index (χ2v) is 10.0. The predicted octanol–water partition coefficient (Wildman–Crippen LogP) is 5.91. The standard InChI is InChI=1S/C19H34/c1-13-8-9-14-17(5,6)15-12-19(13,14)11-10-18(15,7)16(2,3)4/h13-15H,8-12H2,1-7H3/t13-,14+,15-,18-,19+/m1/s1. The van der Waals surface area contributed by atoms with Crippen LogP contribution in [0.4, 0.5) is 0 Å². The third-order valence-electron chi connectivity index (χ3n) is 8.54. The molecule has 0 aliphatic heterocycles. The summed E-state index contributed by atoms with van der Waals surface area (Å²) in [5.74, 6) is 2.91. The van der Waals surface area contributed by atoms with E-state index >= 15 is 0 Å². The largest absolute Gasteiger partial charge is 0.0620 e. The zero-order valence-corrected chi connectivity index (χ0v) is 14.3. The Kier molecular flexibility index (Phi) is 2.65. The van der Waals surface area contributed by atoms with Gasteiger partial charge in [-0.1, -0.05) is 48.5 Å². The van der Waals surface area contributed by atoms with Crippen molar-refractivity contribution in [2.45, 2.75) is 80.6 Å². The van der Waals surface area contributed by atoms with Crippen LogP contribution in [0.3, 0.4) is 0 Å². The molecule has 1 spiro atoms. The van der Waals surface area contributed by atoms with Crippen LogP contribution in [0, 0.1) is 39.4 Å². The molecule has 0 aromatic carbocycles. The van der Waals surface area contributed by atoms with Gasteiger partial charge in [0, 0.05) is 0 Å². The van der Waals surface area contributed by atoms with Crippen molar-refractivity contribution in [3.8, 4) is 0 Å². The van der Waals surface area contributed by atoms with Crippen molar-refractivity contribution in [2.24, 2.45) is 39.4 Å². The lowest BCUT2D eigenvalue weighted by Gasteiger charge is -2.54. The maximum absolute atomic E-state index is 2.61. The molecule has 2 bridgehead atoms. The van der Waals surface area contributed by atoms with Crippen molar-refractivity contribution >= 4 is 0 Å². The third kappa shape index (κ3) is 1.47. The Bertz CT molecular complexity index is 385. The summed E-state index contributed by atoms with van der Waals surface area (Å²) in [6.07, 6.45) is 7.50. The van der Waals surface area contributed by atoms with Gasteiger partial charge in [0.25, 0.3) is 0 Å². The minimum Gasteiger partial charge on any atom is -0.0620 e. The highest BCUT2D eigenvalue weighted by Crippen LogP contribution is 2.76. The zero-order chi connectivity index (χ0) is 14.3. The summed E-state index contributed by atoms with van der Waals surface area (Å²) >= 11 is 0. The Morgan fingerprint density at radius 2 is 1.53 bits per heavy atom. The van der Waals surface area contributed by atoms with Gasteiger partial charge in [0.05, 0.1) is 0 Å². The molecule has 3 saturated carbocycles. The minimum absolute atomic E-state index is 0.443. The molecule has 0 nitrogen and oxygen atoms in total. The Balaban J connectivity index is 2.06. The first-order chi connectivity index (χ1) is 8.56. The Morgan fingerprint density at radius 1 is 0.895 bits per heavy atom. The number of fused-ring (bicyclic) bond motifs is 1. The molecule has 0 N–H and O–H groups in total. The fourth-order valence-electron chi connectivity index (χ4n) is 6.81. The lowest BCUT2D eigenvalue weighted by atomic mass is 9.50. The molecule has 3 aliphatic carbocycles. The first-order valence-corrected chi connectivity index (χ1v) is 8.56. The topological polar surface area (TPSA) is 0 Å². The van der Waals surface area contributed by atoms with Gasteiger partial charge >= 0.3 is 0 Å². The van der Waals surface area contributed by atoms with Crippen molar-refractivity contribution in [3.63, 3.8) is 0 Å². The first kappa shape index (κ1) is 14.0. The molecule has 3 rings (SSSR count). The minimum atomic E-state index is 0.443. The lowest BCUT2D eigenvalue weighted by Crippen LogP contribution is -2.46. The summed E-state index contributed by atoms with van der Waals surface area (Å²) in [4.78, 5) is 0. The summed E-state index contributed by atoms with van der Waals surface area (Å²) in [6, 6.07) is 0. The molecule has 0 heterocycles. The Labute approximate surface area is 120 Å². The zero-order valence-electron chi connectivity index (χ0n) is 14.3. The average Bonchev–Trinajstić information content (AvgIpc) is 2.68. The van der Waals surface area contributed by atoms with Gasteiger partial charge in [-0.3, -0.25) is 0 Å². The summed E-state index contributed by atoms with van der Waals surface area (Å²) in [5.41, 5.74) is 2.26. The molecule has 5 atom stereocenters. The summed E-state index contributed by atoms with van der Waals surface area (Å²) < 4.78 is 0. The van der Waals surface area contributed by atoms with E-state index in [1.165, 1.54) is 32.1 Å². The van der Waals surface area contributed by atoms with Crippen molar-refractivity contribution in [3.05, 3.63) is 0 Å². The second kappa shape index (κ2) is 3.60.